The van der Waals surface area contributed by atoms with Crippen LogP contribution in [0.25, 0.3) is 39.1 Å². The first kappa shape index (κ1) is 23.8. The summed E-state index contributed by atoms with van der Waals surface area (Å²) in [4.78, 5) is 34.0. The molecule has 1 aromatic carbocycles. The number of aromatic nitrogens is 5. The van der Waals surface area contributed by atoms with Gasteiger partial charge in [-0.05, 0) is 36.4 Å². The van der Waals surface area contributed by atoms with Crippen molar-refractivity contribution in [2.75, 3.05) is 36.4 Å². The molecule has 1 saturated heterocycles. The van der Waals surface area contributed by atoms with Crippen LogP contribution in [0.1, 0.15) is 6.92 Å². The topological polar surface area (TPSA) is 105 Å². The molecular formula is C30H26N8O2. The van der Waals surface area contributed by atoms with Crippen LogP contribution < -0.4 is 10.2 Å². The number of benzene rings is 1. The van der Waals surface area contributed by atoms with E-state index in [0.717, 1.165) is 71.0 Å². The summed E-state index contributed by atoms with van der Waals surface area (Å²) in [5.41, 5.74) is 6.33. The van der Waals surface area contributed by atoms with Crippen molar-refractivity contribution in [3.8, 4) is 22.5 Å². The van der Waals surface area contributed by atoms with Crippen LogP contribution in [0, 0.1) is 0 Å². The Kier molecular flexibility index (Phi) is 5.85. The Morgan fingerprint density at radius 2 is 1.80 bits per heavy atom. The molecule has 7 rings (SSSR count). The van der Waals surface area contributed by atoms with Gasteiger partial charge in [0.05, 0.1) is 35.7 Å². The van der Waals surface area contributed by atoms with Gasteiger partial charge in [0, 0.05) is 62.0 Å². The third-order valence-electron chi connectivity index (χ3n) is 7.29. The van der Waals surface area contributed by atoms with Crippen LogP contribution in [-0.4, -0.2) is 61.3 Å². The Hall–Kier alpha value is -5.25. The van der Waals surface area contributed by atoms with Crippen LogP contribution in [0.4, 0.5) is 17.5 Å². The lowest BCUT2D eigenvalue weighted by Gasteiger charge is -2.35. The summed E-state index contributed by atoms with van der Waals surface area (Å²) in [6, 6.07) is 17.9. The number of nitrogens with one attached hydrogen (secondary N) is 1. The van der Waals surface area contributed by atoms with Gasteiger partial charge in [0.1, 0.15) is 17.0 Å². The van der Waals surface area contributed by atoms with E-state index in [9.17, 15) is 4.79 Å². The lowest BCUT2D eigenvalue weighted by atomic mass is 10.1. The molecule has 0 radical (unpaired) electrons. The highest BCUT2D eigenvalue weighted by Gasteiger charge is 2.19. The van der Waals surface area contributed by atoms with Crippen molar-refractivity contribution in [3.63, 3.8) is 0 Å². The van der Waals surface area contributed by atoms with Gasteiger partial charge in [-0.2, -0.15) is 0 Å². The Morgan fingerprint density at radius 3 is 2.62 bits per heavy atom. The molecule has 1 aliphatic rings. The third-order valence-corrected chi connectivity index (χ3v) is 7.29. The number of furan rings is 1. The van der Waals surface area contributed by atoms with Gasteiger partial charge in [-0.3, -0.25) is 9.20 Å². The average molecular weight is 531 g/mol. The zero-order chi connectivity index (χ0) is 27.1. The van der Waals surface area contributed by atoms with Gasteiger partial charge in [0.25, 0.3) is 0 Å². The molecule has 6 aromatic rings. The summed E-state index contributed by atoms with van der Waals surface area (Å²) in [6.45, 7) is 4.64. The second kappa shape index (κ2) is 9.81. The first-order valence-corrected chi connectivity index (χ1v) is 13.1. The van der Waals surface area contributed by atoms with Crippen LogP contribution in [-0.2, 0) is 4.79 Å². The van der Waals surface area contributed by atoms with E-state index in [1.54, 1.807) is 19.4 Å². The van der Waals surface area contributed by atoms with Crippen LogP contribution in [0.2, 0.25) is 0 Å². The van der Waals surface area contributed by atoms with Crippen molar-refractivity contribution in [3.05, 3.63) is 85.6 Å². The van der Waals surface area contributed by atoms with E-state index in [-0.39, 0.29) is 5.91 Å². The van der Waals surface area contributed by atoms with Crippen molar-refractivity contribution < 1.29 is 9.21 Å². The number of rotatable bonds is 5. The molecule has 0 unspecified atom stereocenters. The number of fused-ring (bicyclic) bond motifs is 2. The van der Waals surface area contributed by atoms with E-state index >= 15 is 0 Å². The maximum Gasteiger partial charge on any atom is 0.228 e. The van der Waals surface area contributed by atoms with E-state index < -0.39 is 0 Å². The van der Waals surface area contributed by atoms with Gasteiger partial charge < -0.3 is 19.5 Å². The molecule has 0 atom stereocenters. The summed E-state index contributed by atoms with van der Waals surface area (Å²) in [5.74, 6) is 1.21. The molecule has 1 N–H and O–H groups in total. The maximum atomic E-state index is 11.6. The monoisotopic (exact) mass is 530 g/mol. The van der Waals surface area contributed by atoms with Crippen LogP contribution >= 0.6 is 0 Å². The minimum Gasteiger partial charge on any atom is -0.464 e. The van der Waals surface area contributed by atoms with Crippen molar-refractivity contribution in [2.24, 2.45) is 0 Å². The summed E-state index contributed by atoms with van der Waals surface area (Å²) in [5, 5.41) is 4.28. The summed E-state index contributed by atoms with van der Waals surface area (Å²) in [7, 11) is 0. The fourth-order valence-corrected chi connectivity index (χ4v) is 5.13. The van der Waals surface area contributed by atoms with Gasteiger partial charge in [-0.25, -0.2) is 19.9 Å². The summed E-state index contributed by atoms with van der Waals surface area (Å²) < 4.78 is 7.79. The lowest BCUT2D eigenvalue weighted by Crippen LogP contribution is -2.48. The quantitative estimate of drug-likeness (QED) is 0.332. The highest BCUT2D eigenvalue weighted by atomic mass is 16.3. The number of anilines is 3. The molecular weight excluding hydrogens is 504 g/mol. The second-order valence-electron chi connectivity index (χ2n) is 9.72. The molecule has 10 heteroatoms. The van der Waals surface area contributed by atoms with E-state index in [0.29, 0.717) is 11.8 Å². The molecule has 1 amide bonds. The normalized spacial score (nSPS) is 13.7. The molecule has 1 aliphatic heterocycles. The SMILES string of the molecule is CC(=O)N1CCN(c2ccc(Nc3nccc(-c4cnc5ccc(-c6coc7ccccc67)cn45)n3)nc2)CC1. The maximum absolute atomic E-state index is 11.6. The minimum absolute atomic E-state index is 0.121. The number of amides is 1. The number of para-hydroxylation sites is 1. The van der Waals surface area contributed by atoms with Crippen LogP contribution in [0.5, 0.6) is 0 Å². The molecule has 1 fully saturated rings. The number of hydrogen-bond donors (Lipinski definition) is 1. The van der Waals surface area contributed by atoms with Gasteiger partial charge in [0.2, 0.25) is 11.9 Å². The van der Waals surface area contributed by atoms with E-state index in [1.165, 1.54) is 0 Å². The van der Waals surface area contributed by atoms with Crippen molar-refractivity contribution >= 4 is 40.0 Å². The van der Waals surface area contributed by atoms with E-state index in [2.05, 4.69) is 43.5 Å². The first-order valence-electron chi connectivity index (χ1n) is 13.1. The fraction of sp³-hybridized carbons (Fsp3) is 0.167. The smallest absolute Gasteiger partial charge is 0.228 e. The van der Waals surface area contributed by atoms with Crippen molar-refractivity contribution in [1.82, 2.24) is 29.2 Å². The molecule has 10 nitrogen and oxygen atoms in total. The fourth-order valence-electron chi connectivity index (χ4n) is 5.13. The highest BCUT2D eigenvalue weighted by molar-refractivity contribution is 5.94. The second-order valence-corrected chi connectivity index (χ2v) is 9.72. The number of nitrogens with zero attached hydrogens (tertiary/aromatic N) is 7. The Balaban J connectivity index is 1.12. The van der Waals surface area contributed by atoms with Crippen LogP contribution in [0.3, 0.4) is 0 Å². The first-order chi connectivity index (χ1) is 19.6. The molecule has 0 spiro atoms. The number of carbonyl (C=O) groups excluding carboxylic acids is 1. The van der Waals surface area contributed by atoms with Gasteiger partial charge >= 0.3 is 0 Å². The van der Waals surface area contributed by atoms with Crippen LogP contribution in [0.15, 0.2) is 90.1 Å². The number of hydrogen-bond acceptors (Lipinski definition) is 8. The lowest BCUT2D eigenvalue weighted by molar-refractivity contribution is -0.129. The number of imidazole rings is 1. The minimum atomic E-state index is 0.121. The zero-order valence-corrected chi connectivity index (χ0v) is 21.9. The van der Waals surface area contributed by atoms with Gasteiger partial charge in [-0.15, -0.1) is 0 Å². The van der Waals surface area contributed by atoms with Crippen molar-refractivity contribution in [2.45, 2.75) is 6.92 Å². The summed E-state index contributed by atoms with van der Waals surface area (Å²) in [6.07, 6.45) is 9.22. The van der Waals surface area contributed by atoms with E-state index in [1.807, 2.05) is 64.2 Å². The molecule has 5 aromatic heterocycles. The van der Waals surface area contributed by atoms with E-state index in [4.69, 9.17) is 9.40 Å². The average Bonchev–Trinajstić information content (AvgIpc) is 3.62. The number of carbonyl (C=O) groups is 1. The zero-order valence-electron chi connectivity index (χ0n) is 21.9. The highest BCUT2D eigenvalue weighted by Crippen LogP contribution is 2.32. The molecule has 0 bridgehead atoms. The molecule has 0 saturated carbocycles. The van der Waals surface area contributed by atoms with Gasteiger partial charge in [-0.1, -0.05) is 18.2 Å². The Bertz CT molecular complexity index is 1830. The predicted octanol–water partition coefficient (Wildman–Crippen LogP) is 5.01. The molecule has 198 valence electrons. The number of piperazine rings is 1. The van der Waals surface area contributed by atoms with Gasteiger partial charge in [0.15, 0.2) is 0 Å². The molecule has 40 heavy (non-hydrogen) atoms. The predicted molar refractivity (Wildman–Crippen MR) is 153 cm³/mol. The standard InChI is InChI=1S/C30H26N8O2/c1-20(39)36-12-14-37(15-13-36)22-7-8-28(32-16-22)35-30-31-11-10-25(34-30)26-17-33-29-9-6-21(18-38(26)29)24-19-40-27-5-3-2-4-23(24)27/h2-11,16-19H,12-15H2,1H3,(H,31,32,34,35). The Labute approximate surface area is 229 Å². The third kappa shape index (κ3) is 4.39. The molecule has 0 aliphatic carbocycles. The Morgan fingerprint density at radius 1 is 0.925 bits per heavy atom. The summed E-state index contributed by atoms with van der Waals surface area (Å²) >= 11 is 0. The van der Waals surface area contributed by atoms with Crippen molar-refractivity contribution in [1.29, 1.82) is 0 Å². The largest absolute Gasteiger partial charge is 0.464 e. The molecule has 6 heterocycles. The number of pyridine rings is 2.